The van der Waals surface area contributed by atoms with E-state index in [0.29, 0.717) is 5.69 Å². The number of hydrogen-bond donors (Lipinski definition) is 1. The number of nitrogens with zero attached hydrogens (tertiary/aromatic N) is 5. The van der Waals surface area contributed by atoms with Crippen molar-refractivity contribution in [2.45, 2.75) is 6.92 Å². The van der Waals surface area contributed by atoms with Crippen molar-refractivity contribution >= 4 is 11.8 Å². The molecule has 0 aliphatic heterocycles. The number of hydrogen-bond acceptors (Lipinski definition) is 8. The lowest BCUT2D eigenvalue weighted by atomic mass is 10.3. The number of esters is 1. The zero-order chi connectivity index (χ0) is 11.7. The van der Waals surface area contributed by atoms with Gasteiger partial charge in [0.2, 0.25) is 11.6 Å². The molecule has 0 aliphatic rings. The highest BCUT2D eigenvalue weighted by molar-refractivity contribution is 5.89. The van der Waals surface area contributed by atoms with Crippen molar-refractivity contribution in [1.82, 2.24) is 25.3 Å². The molecule has 2 aromatic rings. The van der Waals surface area contributed by atoms with Crippen LogP contribution in [0.3, 0.4) is 0 Å². The molecule has 84 valence electrons. The quantitative estimate of drug-likeness (QED) is 0.666. The van der Waals surface area contributed by atoms with Gasteiger partial charge in [-0.2, -0.15) is 4.68 Å². The van der Waals surface area contributed by atoms with Gasteiger partial charge in [-0.25, -0.2) is 9.42 Å². The summed E-state index contributed by atoms with van der Waals surface area (Å²) in [6.07, 6.45) is 0. The van der Waals surface area contributed by atoms with Gasteiger partial charge in [0.1, 0.15) is 0 Å². The molecule has 0 radical (unpaired) electrons. The van der Waals surface area contributed by atoms with Gasteiger partial charge in [0.15, 0.2) is 5.69 Å². The van der Waals surface area contributed by atoms with E-state index < -0.39 is 5.97 Å². The maximum absolute atomic E-state index is 11.5. The van der Waals surface area contributed by atoms with Crippen molar-refractivity contribution in [3.8, 4) is 5.82 Å². The van der Waals surface area contributed by atoms with Gasteiger partial charge in [0.25, 0.3) is 0 Å². The first-order chi connectivity index (χ1) is 7.65. The Balaban J connectivity index is 2.59. The molecule has 0 atom stereocenters. The highest BCUT2D eigenvalue weighted by Gasteiger charge is 2.23. The Kier molecular flexibility index (Phi) is 2.27. The summed E-state index contributed by atoms with van der Waals surface area (Å²) in [5, 5.41) is 14.3. The number of anilines is 1. The van der Waals surface area contributed by atoms with Gasteiger partial charge in [0.05, 0.1) is 12.8 Å². The molecule has 0 fully saturated rings. The van der Waals surface area contributed by atoms with Gasteiger partial charge in [-0.1, -0.05) is 5.21 Å². The molecule has 0 saturated carbocycles. The molecule has 0 bridgehead atoms. The number of carbonyl (C=O) groups is 1. The van der Waals surface area contributed by atoms with Crippen LogP contribution >= 0.6 is 0 Å². The number of nitrogen functional groups attached to an aromatic ring is 1. The first-order valence-electron chi connectivity index (χ1n) is 4.24. The Bertz CT molecular complexity index is 530. The van der Waals surface area contributed by atoms with E-state index in [2.05, 4.69) is 30.0 Å². The summed E-state index contributed by atoms with van der Waals surface area (Å²) in [4.78, 5) is 11.5. The minimum absolute atomic E-state index is 0.00931. The molecule has 2 heterocycles. The average molecular weight is 224 g/mol. The molecule has 2 N–H and O–H groups in total. The molecule has 2 rings (SSSR count). The van der Waals surface area contributed by atoms with Crippen molar-refractivity contribution in [2.75, 3.05) is 12.8 Å². The predicted molar refractivity (Wildman–Crippen MR) is 49.7 cm³/mol. The summed E-state index contributed by atoms with van der Waals surface area (Å²) in [5.74, 6) is -0.485. The summed E-state index contributed by atoms with van der Waals surface area (Å²) in [6, 6.07) is 0. The summed E-state index contributed by atoms with van der Waals surface area (Å²) in [6.45, 7) is 1.61. The molecule has 9 heteroatoms. The molecule has 16 heavy (non-hydrogen) atoms. The fourth-order valence-electron chi connectivity index (χ4n) is 1.17. The maximum atomic E-state index is 11.5. The Morgan fingerprint density at radius 3 is 2.81 bits per heavy atom. The predicted octanol–water partition coefficient (Wildman–Crippen LogP) is -0.672. The summed E-state index contributed by atoms with van der Waals surface area (Å²) in [7, 11) is 1.25. The maximum Gasteiger partial charge on any atom is 0.358 e. The highest BCUT2D eigenvalue weighted by atomic mass is 16.6. The lowest BCUT2D eigenvalue weighted by Gasteiger charge is -2.00. The molecule has 0 saturated heterocycles. The number of aryl methyl sites for hydroxylation is 1. The van der Waals surface area contributed by atoms with Crippen LogP contribution in [0.2, 0.25) is 0 Å². The zero-order valence-electron chi connectivity index (χ0n) is 8.54. The average Bonchev–Trinajstić information content (AvgIpc) is 2.83. The number of ether oxygens (including phenoxy) is 1. The fourth-order valence-corrected chi connectivity index (χ4v) is 1.17. The van der Waals surface area contributed by atoms with Crippen LogP contribution < -0.4 is 5.73 Å². The van der Waals surface area contributed by atoms with E-state index in [-0.39, 0.29) is 17.3 Å². The smallest absolute Gasteiger partial charge is 0.358 e. The van der Waals surface area contributed by atoms with Crippen LogP contribution in [0.5, 0.6) is 0 Å². The van der Waals surface area contributed by atoms with Crippen molar-refractivity contribution in [2.24, 2.45) is 0 Å². The standard InChI is InChI=1S/C7H8N6O3/c1-3-4(7(14)15-2)13(12-9-3)6-5(8)10-16-11-6/h1-2H3,(H2,8,10). The highest BCUT2D eigenvalue weighted by Crippen LogP contribution is 2.15. The van der Waals surface area contributed by atoms with Crippen molar-refractivity contribution in [3.05, 3.63) is 11.4 Å². The third-order valence-electron chi connectivity index (χ3n) is 1.91. The Morgan fingerprint density at radius 2 is 2.25 bits per heavy atom. The third kappa shape index (κ3) is 1.38. The van der Waals surface area contributed by atoms with E-state index >= 15 is 0 Å². The Hall–Kier alpha value is -2.45. The topological polar surface area (TPSA) is 122 Å². The second-order valence-corrected chi connectivity index (χ2v) is 2.90. The molecule has 0 aromatic carbocycles. The molecular weight excluding hydrogens is 216 g/mol. The minimum atomic E-state index is -0.593. The van der Waals surface area contributed by atoms with Crippen molar-refractivity contribution in [3.63, 3.8) is 0 Å². The molecule has 0 amide bonds. The largest absolute Gasteiger partial charge is 0.464 e. The first-order valence-corrected chi connectivity index (χ1v) is 4.24. The van der Waals surface area contributed by atoms with Crippen LogP contribution in [0.4, 0.5) is 5.82 Å². The number of carbonyl (C=O) groups excluding carboxylic acids is 1. The molecule has 0 spiro atoms. The van der Waals surface area contributed by atoms with Gasteiger partial charge in [-0.15, -0.1) is 5.10 Å². The van der Waals surface area contributed by atoms with Crippen LogP contribution in [0, 0.1) is 6.92 Å². The third-order valence-corrected chi connectivity index (χ3v) is 1.91. The number of aromatic nitrogens is 5. The molecule has 9 nitrogen and oxygen atoms in total. The second-order valence-electron chi connectivity index (χ2n) is 2.90. The van der Waals surface area contributed by atoms with E-state index in [1.165, 1.54) is 7.11 Å². The summed E-state index contributed by atoms with van der Waals surface area (Å²) < 4.78 is 10.1. The van der Waals surface area contributed by atoms with Gasteiger partial charge >= 0.3 is 5.97 Å². The Labute approximate surface area is 89.1 Å². The van der Waals surface area contributed by atoms with Crippen molar-refractivity contribution < 1.29 is 14.2 Å². The molecular formula is C7H8N6O3. The van der Waals surface area contributed by atoms with Crippen molar-refractivity contribution in [1.29, 1.82) is 0 Å². The summed E-state index contributed by atoms with van der Waals surface area (Å²) >= 11 is 0. The second kappa shape index (κ2) is 3.61. The first kappa shape index (κ1) is 10.1. The van der Waals surface area contributed by atoms with Gasteiger partial charge in [0, 0.05) is 0 Å². The number of methoxy groups -OCH3 is 1. The van der Waals surface area contributed by atoms with Gasteiger partial charge in [-0.3, -0.25) is 0 Å². The van der Waals surface area contributed by atoms with Crippen LogP contribution in [0.15, 0.2) is 4.63 Å². The van der Waals surface area contributed by atoms with Crippen LogP contribution in [-0.4, -0.2) is 38.4 Å². The number of rotatable bonds is 2. The lowest BCUT2D eigenvalue weighted by molar-refractivity contribution is 0.0589. The van der Waals surface area contributed by atoms with Gasteiger partial charge < -0.3 is 10.5 Å². The Morgan fingerprint density at radius 1 is 1.50 bits per heavy atom. The van der Waals surface area contributed by atoms with E-state index in [9.17, 15) is 4.79 Å². The molecule has 2 aromatic heterocycles. The van der Waals surface area contributed by atoms with E-state index in [0.717, 1.165) is 4.68 Å². The molecule has 0 unspecified atom stereocenters. The summed E-state index contributed by atoms with van der Waals surface area (Å²) in [5.41, 5.74) is 6.01. The monoisotopic (exact) mass is 224 g/mol. The van der Waals surface area contributed by atoms with E-state index in [1.807, 2.05) is 0 Å². The van der Waals surface area contributed by atoms with Crippen LogP contribution in [0.1, 0.15) is 16.2 Å². The van der Waals surface area contributed by atoms with E-state index in [1.54, 1.807) is 6.92 Å². The SMILES string of the molecule is COC(=O)c1c(C)nnn1-c1nonc1N. The van der Waals surface area contributed by atoms with Crippen LogP contribution in [-0.2, 0) is 4.74 Å². The minimum Gasteiger partial charge on any atom is -0.464 e. The fraction of sp³-hybridized carbons (Fsp3) is 0.286. The zero-order valence-corrected chi connectivity index (χ0v) is 8.54. The van der Waals surface area contributed by atoms with Gasteiger partial charge in [-0.05, 0) is 17.2 Å². The number of nitrogens with two attached hydrogens (primary N) is 1. The van der Waals surface area contributed by atoms with E-state index in [4.69, 9.17) is 5.73 Å². The lowest BCUT2D eigenvalue weighted by Crippen LogP contribution is -2.13. The normalized spacial score (nSPS) is 10.4. The molecule has 0 aliphatic carbocycles. The van der Waals surface area contributed by atoms with Crippen LogP contribution in [0.25, 0.3) is 5.82 Å².